The van der Waals surface area contributed by atoms with Gasteiger partial charge in [0.2, 0.25) is 5.91 Å². The van der Waals surface area contributed by atoms with Crippen molar-refractivity contribution in [1.29, 1.82) is 0 Å². The van der Waals surface area contributed by atoms with Gasteiger partial charge in [0.25, 0.3) is 5.91 Å². The molecule has 0 radical (unpaired) electrons. The average molecular weight is 343 g/mol. The van der Waals surface area contributed by atoms with E-state index < -0.39 is 0 Å². The number of rotatable bonds is 4. The molecule has 2 heterocycles. The maximum atomic E-state index is 12.2. The Balaban J connectivity index is 1.58. The summed E-state index contributed by atoms with van der Waals surface area (Å²) in [7, 11) is 0. The van der Waals surface area contributed by atoms with Gasteiger partial charge in [-0.3, -0.25) is 9.59 Å². The lowest BCUT2D eigenvalue weighted by Crippen LogP contribution is -2.32. The summed E-state index contributed by atoms with van der Waals surface area (Å²) in [6, 6.07) is 5.96. The first-order chi connectivity index (χ1) is 11.4. The monoisotopic (exact) mass is 343 g/mol. The van der Waals surface area contributed by atoms with Crippen molar-refractivity contribution in [3.63, 3.8) is 0 Å². The minimum Gasteiger partial charge on any atom is -0.342 e. The van der Waals surface area contributed by atoms with Gasteiger partial charge in [-0.05, 0) is 43.5 Å². The summed E-state index contributed by atoms with van der Waals surface area (Å²) in [6.07, 6.45) is 0. The summed E-state index contributed by atoms with van der Waals surface area (Å²) in [5, 5.41) is 8.83. The van der Waals surface area contributed by atoms with Gasteiger partial charge in [-0.1, -0.05) is 17.7 Å². The molecular formula is C18H21N3O2S. The maximum Gasteiger partial charge on any atom is 0.261 e. The van der Waals surface area contributed by atoms with Crippen molar-refractivity contribution in [1.82, 2.24) is 10.6 Å². The summed E-state index contributed by atoms with van der Waals surface area (Å²) in [5.74, 6) is -0.411. The Morgan fingerprint density at radius 2 is 1.83 bits per heavy atom. The van der Waals surface area contributed by atoms with Crippen molar-refractivity contribution < 1.29 is 9.59 Å². The summed E-state index contributed by atoms with van der Waals surface area (Å²) >= 11 is 1.49. The van der Waals surface area contributed by atoms with Crippen molar-refractivity contribution in [3.05, 3.63) is 50.2 Å². The van der Waals surface area contributed by atoms with E-state index in [2.05, 4.69) is 16.0 Å². The number of hydrogen-bond donors (Lipinski definition) is 3. The van der Waals surface area contributed by atoms with Crippen LogP contribution in [0.15, 0.2) is 18.2 Å². The van der Waals surface area contributed by atoms with Gasteiger partial charge in [0.15, 0.2) is 0 Å². The third-order valence-electron chi connectivity index (χ3n) is 4.07. The molecule has 0 fully saturated rings. The molecule has 1 aromatic heterocycles. The molecule has 1 aliphatic rings. The van der Waals surface area contributed by atoms with Crippen molar-refractivity contribution >= 4 is 28.8 Å². The fourth-order valence-corrected chi connectivity index (χ4v) is 4.06. The molecule has 2 amide bonds. The normalized spacial score (nSPS) is 12.8. The number of anilines is 1. The Labute approximate surface area is 145 Å². The van der Waals surface area contributed by atoms with Crippen LogP contribution in [-0.4, -0.2) is 18.4 Å². The van der Waals surface area contributed by atoms with Gasteiger partial charge in [-0.15, -0.1) is 11.3 Å². The summed E-state index contributed by atoms with van der Waals surface area (Å²) in [5.41, 5.74) is 5.21. The average Bonchev–Trinajstić information content (AvgIpc) is 3.09. The van der Waals surface area contributed by atoms with Crippen molar-refractivity contribution in [2.45, 2.75) is 33.9 Å². The van der Waals surface area contributed by atoms with Crippen molar-refractivity contribution in [3.8, 4) is 0 Å². The molecule has 0 bridgehead atoms. The van der Waals surface area contributed by atoms with Gasteiger partial charge in [0.1, 0.15) is 0 Å². The van der Waals surface area contributed by atoms with Crippen molar-refractivity contribution in [2.75, 3.05) is 11.9 Å². The fraction of sp³-hybridized carbons (Fsp3) is 0.333. The molecule has 126 valence electrons. The van der Waals surface area contributed by atoms with Crippen LogP contribution in [0.2, 0.25) is 0 Å². The Morgan fingerprint density at radius 3 is 2.50 bits per heavy atom. The molecule has 0 atom stereocenters. The molecule has 2 aromatic rings. The first kappa shape index (κ1) is 16.7. The number of aryl methyl sites for hydroxylation is 3. The smallest absolute Gasteiger partial charge is 0.261 e. The Morgan fingerprint density at radius 1 is 1.12 bits per heavy atom. The molecule has 1 aromatic carbocycles. The van der Waals surface area contributed by atoms with Crippen LogP contribution >= 0.6 is 11.3 Å². The van der Waals surface area contributed by atoms with Crippen LogP contribution in [0.4, 0.5) is 5.69 Å². The van der Waals surface area contributed by atoms with Gasteiger partial charge >= 0.3 is 0 Å². The largest absolute Gasteiger partial charge is 0.342 e. The first-order valence-electron chi connectivity index (χ1n) is 7.92. The molecule has 3 N–H and O–H groups in total. The zero-order valence-electron chi connectivity index (χ0n) is 14.1. The molecule has 0 spiro atoms. The molecule has 0 saturated carbocycles. The minimum atomic E-state index is -0.218. The topological polar surface area (TPSA) is 70.2 Å². The predicted octanol–water partition coefficient (Wildman–Crippen LogP) is 2.65. The highest BCUT2D eigenvalue weighted by atomic mass is 32.1. The number of carbonyl (C=O) groups is 2. The van der Waals surface area contributed by atoms with E-state index in [1.54, 1.807) is 0 Å². The van der Waals surface area contributed by atoms with Crippen LogP contribution in [-0.2, 0) is 17.9 Å². The third-order valence-corrected chi connectivity index (χ3v) is 5.25. The van der Waals surface area contributed by atoms with E-state index in [-0.39, 0.29) is 18.4 Å². The standard InChI is InChI=1S/C18H21N3O2S/c1-10-4-11(2)17(12(3)5-10)21-16(22)9-20-18(23)14-6-13-7-19-8-15(13)24-14/h4-6,19H,7-9H2,1-3H3,(H,20,23)(H,21,22). The zero-order valence-corrected chi connectivity index (χ0v) is 14.9. The second-order valence-electron chi connectivity index (χ2n) is 6.17. The number of amides is 2. The van der Waals surface area contributed by atoms with Gasteiger partial charge in [-0.25, -0.2) is 0 Å². The molecular weight excluding hydrogens is 322 g/mol. The SMILES string of the molecule is Cc1cc(C)c(NC(=O)CNC(=O)c2cc3c(s2)CNC3)c(C)c1. The fourth-order valence-electron chi connectivity index (χ4n) is 3.00. The van der Waals surface area contributed by atoms with Crippen LogP contribution in [0.5, 0.6) is 0 Å². The highest BCUT2D eigenvalue weighted by Gasteiger charge is 2.18. The number of hydrogen-bond acceptors (Lipinski definition) is 4. The summed E-state index contributed by atoms with van der Waals surface area (Å²) in [6.45, 7) is 7.56. The number of thiophene rings is 1. The highest BCUT2D eigenvalue weighted by Crippen LogP contribution is 2.26. The molecule has 6 heteroatoms. The van der Waals surface area contributed by atoms with Gasteiger partial charge in [-0.2, -0.15) is 0 Å². The first-order valence-corrected chi connectivity index (χ1v) is 8.74. The lowest BCUT2D eigenvalue weighted by atomic mass is 10.1. The summed E-state index contributed by atoms with van der Waals surface area (Å²) < 4.78 is 0. The van der Waals surface area contributed by atoms with Crippen LogP contribution in [0.25, 0.3) is 0 Å². The van der Waals surface area contributed by atoms with Crippen LogP contribution in [0, 0.1) is 20.8 Å². The van der Waals surface area contributed by atoms with E-state index in [9.17, 15) is 9.59 Å². The Hall–Kier alpha value is -2.18. The molecule has 0 saturated heterocycles. The number of fused-ring (bicyclic) bond motifs is 1. The van der Waals surface area contributed by atoms with Gasteiger partial charge in [0.05, 0.1) is 11.4 Å². The van der Waals surface area contributed by atoms with E-state index in [0.29, 0.717) is 4.88 Å². The Bertz CT molecular complexity index is 766. The molecule has 0 aliphatic carbocycles. The highest BCUT2D eigenvalue weighted by molar-refractivity contribution is 7.14. The Kier molecular flexibility index (Phi) is 4.69. The van der Waals surface area contributed by atoms with E-state index in [0.717, 1.165) is 35.5 Å². The van der Waals surface area contributed by atoms with Crippen LogP contribution in [0.3, 0.4) is 0 Å². The minimum absolute atomic E-state index is 0.0353. The second kappa shape index (κ2) is 6.75. The van der Waals surface area contributed by atoms with Gasteiger partial charge in [0, 0.05) is 23.7 Å². The quantitative estimate of drug-likeness (QED) is 0.799. The maximum absolute atomic E-state index is 12.2. The van der Waals surface area contributed by atoms with Gasteiger partial charge < -0.3 is 16.0 Å². The lowest BCUT2D eigenvalue weighted by Gasteiger charge is -2.13. The van der Waals surface area contributed by atoms with E-state index >= 15 is 0 Å². The molecule has 24 heavy (non-hydrogen) atoms. The number of nitrogens with one attached hydrogen (secondary N) is 3. The predicted molar refractivity (Wildman–Crippen MR) is 96.5 cm³/mol. The number of carbonyl (C=O) groups excluding carboxylic acids is 2. The second-order valence-corrected chi connectivity index (χ2v) is 7.30. The molecule has 3 rings (SSSR count). The molecule has 0 unspecified atom stereocenters. The van der Waals surface area contributed by atoms with Crippen LogP contribution in [0.1, 0.15) is 36.8 Å². The van der Waals surface area contributed by atoms with E-state index in [4.69, 9.17) is 0 Å². The third kappa shape index (κ3) is 3.49. The van der Waals surface area contributed by atoms with Crippen LogP contribution < -0.4 is 16.0 Å². The van der Waals surface area contributed by atoms with Crippen molar-refractivity contribution in [2.24, 2.45) is 0 Å². The van der Waals surface area contributed by atoms with E-state index in [1.807, 2.05) is 39.0 Å². The molecule has 5 nitrogen and oxygen atoms in total. The lowest BCUT2D eigenvalue weighted by molar-refractivity contribution is -0.115. The molecule has 1 aliphatic heterocycles. The number of benzene rings is 1. The summed E-state index contributed by atoms with van der Waals surface area (Å²) in [4.78, 5) is 26.2. The van der Waals surface area contributed by atoms with E-state index in [1.165, 1.54) is 21.8 Å². The zero-order chi connectivity index (χ0) is 17.3.